The zero-order valence-corrected chi connectivity index (χ0v) is 16.1. The van der Waals surface area contributed by atoms with Crippen LogP contribution >= 0.6 is 0 Å². The maximum atomic E-state index is 12.9. The number of hydrogen-bond acceptors (Lipinski definition) is 4. The van der Waals surface area contributed by atoms with Crippen LogP contribution in [0.15, 0.2) is 54.1 Å². The van der Waals surface area contributed by atoms with Crippen molar-refractivity contribution in [3.63, 3.8) is 0 Å². The van der Waals surface area contributed by atoms with E-state index >= 15 is 0 Å². The zero-order valence-electron chi connectivity index (χ0n) is 16.1. The number of Topliss-reactive ketones (excluding diaryl/α,β-unsaturated/α-hetero) is 1. The van der Waals surface area contributed by atoms with Crippen LogP contribution in [-0.4, -0.2) is 26.7 Å². The van der Waals surface area contributed by atoms with Gasteiger partial charge in [-0.15, -0.1) is 0 Å². The summed E-state index contributed by atoms with van der Waals surface area (Å²) in [4.78, 5) is 31.4. The summed E-state index contributed by atoms with van der Waals surface area (Å²) in [6, 6.07) is 9.02. The van der Waals surface area contributed by atoms with E-state index in [0.29, 0.717) is 12.1 Å². The molecule has 2 heterocycles. The van der Waals surface area contributed by atoms with Crippen molar-refractivity contribution in [2.75, 3.05) is 0 Å². The van der Waals surface area contributed by atoms with Gasteiger partial charge in [-0.25, -0.2) is 0 Å². The van der Waals surface area contributed by atoms with Crippen molar-refractivity contribution in [1.29, 1.82) is 0 Å². The van der Waals surface area contributed by atoms with E-state index in [2.05, 4.69) is 4.98 Å². The van der Waals surface area contributed by atoms with Gasteiger partial charge in [0.1, 0.15) is 0 Å². The van der Waals surface area contributed by atoms with E-state index in [0.717, 1.165) is 16.7 Å². The van der Waals surface area contributed by atoms with Crippen molar-refractivity contribution < 1.29 is 14.7 Å². The average Bonchev–Trinajstić information content (AvgIpc) is 2.89. The highest BCUT2D eigenvalue weighted by Crippen LogP contribution is 2.39. The number of benzene rings is 1. The maximum absolute atomic E-state index is 12.9. The monoisotopic (exact) mass is 364 g/mol. The fourth-order valence-electron chi connectivity index (χ4n) is 3.42. The summed E-state index contributed by atoms with van der Waals surface area (Å²) in [5, 5.41) is 10.5. The van der Waals surface area contributed by atoms with Crippen LogP contribution in [0.4, 0.5) is 0 Å². The van der Waals surface area contributed by atoms with Crippen LogP contribution in [0, 0.1) is 19.8 Å². The Morgan fingerprint density at radius 3 is 2.63 bits per heavy atom. The molecule has 1 unspecified atom stereocenters. The van der Waals surface area contributed by atoms with E-state index in [4.69, 9.17) is 0 Å². The minimum absolute atomic E-state index is 0.160. The Kier molecular flexibility index (Phi) is 5.13. The summed E-state index contributed by atoms with van der Waals surface area (Å²) in [5.41, 5.74) is 4.01. The normalized spacial score (nSPS) is 17.1. The highest BCUT2D eigenvalue weighted by molar-refractivity contribution is 6.09. The zero-order chi connectivity index (χ0) is 19.7. The molecular weight excluding hydrogens is 340 g/mol. The van der Waals surface area contributed by atoms with E-state index in [-0.39, 0.29) is 17.3 Å². The Balaban J connectivity index is 2.09. The van der Waals surface area contributed by atoms with Crippen molar-refractivity contribution in [3.05, 3.63) is 76.3 Å². The molecule has 0 bridgehead atoms. The quantitative estimate of drug-likeness (QED) is 0.876. The van der Waals surface area contributed by atoms with Gasteiger partial charge in [-0.05, 0) is 36.6 Å². The van der Waals surface area contributed by atoms with Gasteiger partial charge in [0.25, 0.3) is 5.91 Å². The van der Waals surface area contributed by atoms with Gasteiger partial charge in [0, 0.05) is 24.9 Å². The summed E-state index contributed by atoms with van der Waals surface area (Å²) in [7, 11) is 0. The van der Waals surface area contributed by atoms with Gasteiger partial charge in [-0.2, -0.15) is 0 Å². The van der Waals surface area contributed by atoms with Gasteiger partial charge in [0.2, 0.25) is 0 Å². The maximum Gasteiger partial charge on any atom is 0.290 e. The Morgan fingerprint density at radius 2 is 2.00 bits per heavy atom. The fourth-order valence-corrected chi connectivity index (χ4v) is 3.42. The van der Waals surface area contributed by atoms with Crippen LogP contribution in [0.5, 0.6) is 0 Å². The standard InChI is InChI=1S/C22H24N2O3/c1-13(2)20(25)18-19(16-6-5-9-23-11-16)24(22(27)21(18)26)12-17-10-14(3)7-8-15(17)4/h5-11,13,19,26H,12H2,1-4H3. The molecule has 3 rings (SSSR count). The van der Waals surface area contributed by atoms with Gasteiger partial charge in [-0.1, -0.05) is 43.7 Å². The molecule has 0 saturated heterocycles. The average molecular weight is 364 g/mol. The second kappa shape index (κ2) is 7.35. The number of nitrogens with zero attached hydrogens (tertiary/aromatic N) is 2. The topological polar surface area (TPSA) is 70.5 Å². The molecule has 5 nitrogen and oxygen atoms in total. The summed E-state index contributed by atoms with van der Waals surface area (Å²) in [5.74, 6) is -1.52. The van der Waals surface area contributed by atoms with Gasteiger partial charge >= 0.3 is 0 Å². The lowest BCUT2D eigenvalue weighted by Gasteiger charge is -2.27. The first kappa shape index (κ1) is 18.8. The Morgan fingerprint density at radius 1 is 1.26 bits per heavy atom. The molecule has 1 atom stereocenters. The van der Waals surface area contributed by atoms with Crippen molar-refractivity contribution in [2.45, 2.75) is 40.3 Å². The van der Waals surface area contributed by atoms with Crippen LogP contribution in [0.2, 0.25) is 0 Å². The summed E-state index contributed by atoms with van der Waals surface area (Å²) in [6.07, 6.45) is 3.28. The number of aromatic nitrogens is 1. The number of hydrogen-bond donors (Lipinski definition) is 1. The smallest absolute Gasteiger partial charge is 0.290 e. The molecule has 1 aromatic carbocycles. The van der Waals surface area contributed by atoms with Gasteiger partial charge in [-0.3, -0.25) is 14.6 Å². The number of rotatable bonds is 5. The molecule has 0 spiro atoms. The second-order valence-electron chi connectivity index (χ2n) is 7.33. The molecule has 27 heavy (non-hydrogen) atoms. The number of pyridine rings is 1. The highest BCUT2D eigenvalue weighted by atomic mass is 16.3. The number of amides is 1. The summed E-state index contributed by atoms with van der Waals surface area (Å²) in [6.45, 7) is 7.82. The third kappa shape index (κ3) is 3.50. The van der Waals surface area contributed by atoms with Gasteiger partial charge < -0.3 is 10.0 Å². The number of aliphatic hydroxyl groups excluding tert-OH is 1. The summed E-state index contributed by atoms with van der Waals surface area (Å²) >= 11 is 0. The molecular formula is C22H24N2O3. The van der Waals surface area contributed by atoms with E-state index in [1.54, 1.807) is 37.2 Å². The molecule has 2 aromatic rings. The van der Waals surface area contributed by atoms with Crippen molar-refractivity contribution >= 4 is 11.7 Å². The molecule has 140 valence electrons. The number of carbonyl (C=O) groups is 2. The largest absolute Gasteiger partial charge is 0.503 e. The molecule has 1 aliphatic heterocycles. The van der Waals surface area contributed by atoms with Crippen LogP contribution in [0.3, 0.4) is 0 Å². The first-order chi connectivity index (χ1) is 12.8. The first-order valence-corrected chi connectivity index (χ1v) is 9.05. The summed E-state index contributed by atoms with van der Waals surface area (Å²) < 4.78 is 0. The molecule has 0 saturated carbocycles. The van der Waals surface area contributed by atoms with Crippen molar-refractivity contribution in [1.82, 2.24) is 9.88 Å². The lowest BCUT2D eigenvalue weighted by molar-refractivity contribution is -0.130. The minimum Gasteiger partial charge on any atom is -0.503 e. The SMILES string of the molecule is Cc1ccc(C)c(CN2C(=O)C(O)=C(C(=O)C(C)C)C2c2cccnc2)c1. The number of carbonyl (C=O) groups excluding carboxylic acids is 2. The lowest BCUT2D eigenvalue weighted by Crippen LogP contribution is -2.31. The second-order valence-corrected chi connectivity index (χ2v) is 7.33. The lowest BCUT2D eigenvalue weighted by atomic mass is 9.92. The van der Waals surface area contributed by atoms with E-state index < -0.39 is 17.7 Å². The molecule has 1 N–H and O–H groups in total. The molecule has 0 radical (unpaired) electrons. The van der Waals surface area contributed by atoms with Crippen molar-refractivity contribution in [2.24, 2.45) is 5.92 Å². The van der Waals surface area contributed by atoms with Crippen LogP contribution in [-0.2, 0) is 16.1 Å². The first-order valence-electron chi connectivity index (χ1n) is 9.05. The molecule has 1 amide bonds. The molecule has 5 heteroatoms. The van der Waals surface area contributed by atoms with Crippen LogP contribution in [0.1, 0.15) is 42.1 Å². The molecule has 0 fully saturated rings. The third-order valence-corrected chi connectivity index (χ3v) is 4.94. The van der Waals surface area contributed by atoms with E-state index in [1.807, 2.05) is 38.1 Å². The predicted octanol–water partition coefficient (Wildman–Crippen LogP) is 3.82. The molecule has 0 aliphatic carbocycles. The van der Waals surface area contributed by atoms with Crippen LogP contribution < -0.4 is 0 Å². The third-order valence-electron chi connectivity index (χ3n) is 4.94. The Hall–Kier alpha value is -2.95. The van der Waals surface area contributed by atoms with Gasteiger partial charge in [0.15, 0.2) is 11.5 Å². The Bertz CT molecular complexity index is 916. The van der Waals surface area contributed by atoms with E-state index in [9.17, 15) is 14.7 Å². The van der Waals surface area contributed by atoms with Crippen LogP contribution in [0.25, 0.3) is 0 Å². The molecule has 1 aliphatic rings. The number of aryl methyl sites for hydroxylation is 2. The van der Waals surface area contributed by atoms with Gasteiger partial charge in [0.05, 0.1) is 11.6 Å². The Labute approximate surface area is 159 Å². The van der Waals surface area contributed by atoms with Crippen molar-refractivity contribution in [3.8, 4) is 0 Å². The number of aliphatic hydroxyl groups is 1. The molecule has 1 aromatic heterocycles. The minimum atomic E-state index is -0.638. The fraction of sp³-hybridized carbons (Fsp3) is 0.318. The predicted molar refractivity (Wildman–Crippen MR) is 103 cm³/mol. The van der Waals surface area contributed by atoms with E-state index in [1.165, 1.54) is 0 Å². The highest BCUT2D eigenvalue weighted by Gasteiger charge is 2.44. The number of ketones is 1.